The summed E-state index contributed by atoms with van der Waals surface area (Å²) in [6.07, 6.45) is 0.130. The summed E-state index contributed by atoms with van der Waals surface area (Å²) in [5.41, 5.74) is 0.00827. The first-order valence-corrected chi connectivity index (χ1v) is 7.50. The van der Waals surface area contributed by atoms with Crippen LogP contribution in [0, 0.1) is 17.6 Å². The highest BCUT2D eigenvalue weighted by Crippen LogP contribution is 2.24. The summed E-state index contributed by atoms with van der Waals surface area (Å²) in [6.45, 7) is 1.62. The Morgan fingerprint density at radius 1 is 1.38 bits per heavy atom. The summed E-state index contributed by atoms with van der Waals surface area (Å²) in [5, 5.41) is 11.5. The van der Waals surface area contributed by atoms with Crippen molar-refractivity contribution >= 4 is 17.8 Å². The Morgan fingerprint density at radius 3 is 2.62 bits per heavy atom. The standard InChI is InChI=1S/C16H18F2N2O4/c1-9(21)19-14(12-3-2-11(17)6-13(12)18)7-15(22)20-5-4-10(8-20)16(23)24/h2-3,6,10,14H,4-5,7-8H2,1H3,(H,19,21)(H,23,24)/t10-,14-/m0/s1. The van der Waals surface area contributed by atoms with Gasteiger partial charge >= 0.3 is 5.97 Å². The van der Waals surface area contributed by atoms with Crippen LogP contribution in [-0.2, 0) is 14.4 Å². The molecule has 6 nitrogen and oxygen atoms in total. The molecule has 0 unspecified atom stereocenters. The van der Waals surface area contributed by atoms with Gasteiger partial charge in [0.15, 0.2) is 0 Å². The molecule has 1 aliphatic heterocycles. The summed E-state index contributed by atoms with van der Waals surface area (Å²) in [6, 6.07) is 1.97. The van der Waals surface area contributed by atoms with Crippen LogP contribution in [0.15, 0.2) is 18.2 Å². The summed E-state index contributed by atoms with van der Waals surface area (Å²) >= 11 is 0. The minimum atomic E-state index is -0.965. The molecule has 1 aliphatic rings. The zero-order valence-electron chi connectivity index (χ0n) is 13.1. The minimum absolute atomic E-state index is 0.00827. The van der Waals surface area contributed by atoms with E-state index in [0.717, 1.165) is 6.07 Å². The summed E-state index contributed by atoms with van der Waals surface area (Å²) in [4.78, 5) is 36.0. The van der Waals surface area contributed by atoms with Gasteiger partial charge in [-0.2, -0.15) is 0 Å². The number of nitrogens with one attached hydrogen (secondary N) is 1. The van der Waals surface area contributed by atoms with Crippen molar-refractivity contribution in [2.45, 2.75) is 25.8 Å². The third-order valence-corrected chi connectivity index (χ3v) is 3.98. The van der Waals surface area contributed by atoms with Gasteiger partial charge in [0, 0.05) is 31.6 Å². The van der Waals surface area contributed by atoms with Gasteiger partial charge in [-0.3, -0.25) is 14.4 Å². The number of aliphatic carboxylic acids is 1. The number of likely N-dealkylation sites (tertiary alicyclic amines) is 1. The lowest BCUT2D eigenvalue weighted by Gasteiger charge is -2.22. The number of carbonyl (C=O) groups excluding carboxylic acids is 2. The van der Waals surface area contributed by atoms with Crippen LogP contribution >= 0.6 is 0 Å². The topological polar surface area (TPSA) is 86.7 Å². The van der Waals surface area contributed by atoms with Crippen LogP contribution in [0.2, 0.25) is 0 Å². The van der Waals surface area contributed by atoms with Crippen molar-refractivity contribution in [1.29, 1.82) is 0 Å². The highest BCUT2D eigenvalue weighted by molar-refractivity contribution is 5.80. The maximum Gasteiger partial charge on any atom is 0.308 e. The van der Waals surface area contributed by atoms with Gasteiger partial charge in [-0.1, -0.05) is 6.07 Å². The van der Waals surface area contributed by atoms with Crippen molar-refractivity contribution in [3.63, 3.8) is 0 Å². The predicted molar refractivity (Wildman–Crippen MR) is 79.9 cm³/mol. The third-order valence-electron chi connectivity index (χ3n) is 3.98. The molecule has 0 spiro atoms. The highest BCUT2D eigenvalue weighted by atomic mass is 19.1. The van der Waals surface area contributed by atoms with Crippen LogP contribution in [0.25, 0.3) is 0 Å². The number of nitrogens with zero attached hydrogens (tertiary/aromatic N) is 1. The number of amides is 2. The zero-order valence-corrected chi connectivity index (χ0v) is 13.1. The average Bonchev–Trinajstić information content (AvgIpc) is 2.96. The van der Waals surface area contributed by atoms with Crippen molar-refractivity contribution in [2.24, 2.45) is 5.92 Å². The Kier molecular flexibility index (Phi) is 5.48. The van der Waals surface area contributed by atoms with E-state index in [9.17, 15) is 23.2 Å². The van der Waals surface area contributed by atoms with Crippen molar-refractivity contribution < 1.29 is 28.3 Å². The Hall–Kier alpha value is -2.51. The molecule has 0 radical (unpaired) electrons. The SMILES string of the molecule is CC(=O)N[C@@H](CC(=O)N1CC[C@H](C(=O)O)C1)c1ccc(F)cc1F. The van der Waals surface area contributed by atoms with E-state index in [-0.39, 0.29) is 24.4 Å². The predicted octanol–water partition coefficient (Wildman–Crippen LogP) is 1.47. The number of carbonyl (C=O) groups is 3. The molecular weight excluding hydrogens is 322 g/mol. The second-order valence-electron chi connectivity index (χ2n) is 5.79. The molecule has 1 fully saturated rings. The van der Waals surface area contributed by atoms with Gasteiger partial charge in [0.25, 0.3) is 0 Å². The fourth-order valence-corrected chi connectivity index (χ4v) is 2.76. The van der Waals surface area contributed by atoms with Crippen molar-refractivity contribution in [3.05, 3.63) is 35.4 Å². The van der Waals surface area contributed by atoms with Gasteiger partial charge < -0.3 is 15.3 Å². The van der Waals surface area contributed by atoms with Crippen molar-refractivity contribution in [3.8, 4) is 0 Å². The van der Waals surface area contributed by atoms with Gasteiger partial charge in [-0.25, -0.2) is 8.78 Å². The number of benzene rings is 1. The molecule has 1 heterocycles. The number of rotatable bonds is 5. The normalized spacial score (nSPS) is 18.3. The van der Waals surface area contributed by atoms with Crippen LogP contribution in [0.5, 0.6) is 0 Å². The monoisotopic (exact) mass is 340 g/mol. The maximum atomic E-state index is 14.0. The van der Waals surface area contributed by atoms with E-state index in [2.05, 4.69) is 5.32 Å². The fourth-order valence-electron chi connectivity index (χ4n) is 2.76. The Balaban J connectivity index is 2.13. The van der Waals surface area contributed by atoms with Gasteiger partial charge in [-0.05, 0) is 12.5 Å². The lowest BCUT2D eigenvalue weighted by Crippen LogP contribution is -2.35. The molecule has 0 saturated carbocycles. The molecule has 0 bridgehead atoms. The van der Waals surface area contributed by atoms with Crippen LogP contribution < -0.4 is 5.32 Å². The molecule has 2 atom stereocenters. The summed E-state index contributed by atoms with van der Waals surface area (Å²) < 4.78 is 27.0. The molecule has 24 heavy (non-hydrogen) atoms. The van der Waals surface area contributed by atoms with Gasteiger partial charge in [0.2, 0.25) is 11.8 Å². The Bertz CT molecular complexity index is 665. The first-order valence-electron chi connectivity index (χ1n) is 7.50. The molecule has 8 heteroatoms. The van der Waals surface area contributed by atoms with E-state index in [1.54, 1.807) is 0 Å². The van der Waals surface area contributed by atoms with Crippen LogP contribution in [-0.4, -0.2) is 40.9 Å². The zero-order chi connectivity index (χ0) is 17.9. The molecule has 1 aromatic rings. The van der Waals surface area contributed by atoms with E-state index in [1.165, 1.54) is 17.9 Å². The van der Waals surface area contributed by atoms with Gasteiger partial charge in [-0.15, -0.1) is 0 Å². The molecule has 2 rings (SSSR count). The number of hydrogen-bond donors (Lipinski definition) is 2. The number of carboxylic acid groups (broad SMARTS) is 1. The Labute approximate surface area is 137 Å². The van der Waals surface area contributed by atoms with E-state index in [4.69, 9.17) is 5.11 Å². The van der Waals surface area contributed by atoms with Crippen molar-refractivity contribution in [1.82, 2.24) is 10.2 Å². The van der Waals surface area contributed by atoms with E-state index < -0.39 is 35.5 Å². The van der Waals surface area contributed by atoms with Crippen LogP contribution in [0.1, 0.15) is 31.4 Å². The lowest BCUT2D eigenvalue weighted by molar-refractivity contribution is -0.141. The number of hydrogen-bond acceptors (Lipinski definition) is 3. The minimum Gasteiger partial charge on any atom is -0.481 e. The van der Waals surface area contributed by atoms with E-state index in [0.29, 0.717) is 19.0 Å². The lowest BCUT2D eigenvalue weighted by atomic mass is 10.0. The Morgan fingerprint density at radius 2 is 2.08 bits per heavy atom. The molecule has 1 aromatic carbocycles. The maximum absolute atomic E-state index is 14.0. The molecule has 2 N–H and O–H groups in total. The second kappa shape index (κ2) is 7.37. The molecule has 0 aliphatic carbocycles. The summed E-state index contributed by atoms with van der Waals surface area (Å²) in [7, 11) is 0. The molecule has 2 amide bonds. The van der Waals surface area contributed by atoms with Gasteiger partial charge in [0.1, 0.15) is 11.6 Å². The highest BCUT2D eigenvalue weighted by Gasteiger charge is 2.32. The van der Waals surface area contributed by atoms with E-state index in [1.807, 2.05) is 0 Å². The first kappa shape index (κ1) is 17.8. The molecular formula is C16H18F2N2O4. The largest absolute Gasteiger partial charge is 0.481 e. The summed E-state index contributed by atoms with van der Waals surface area (Å²) in [5.74, 6) is -4.04. The number of carboxylic acids is 1. The first-order chi connectivity index (χ1) is 11.3. The second-order valence-corrected chi connectivity index (χ2v) is 5.79. The number of halogens is 2. The smallest absolute Gasteiger partial charge is 0.308 e. The van der Waals surface area contributed by atoms with Crippen molar-refractivity contribution in [2.75, 3.05) is 13.1 Å². The van der Waals surface area contributed by atoms with Gasteiger partial charge in [0.05, 0.1) is 18.4 Å². The fraction of sp³-hybridized carbons (Fsp3) is 0.438. The molecule has 130 valence electrons. The molecule has 1 saturated heterocycles. The third kappa shape index (κ3) is 4.27. The quantitative estimate of drug-likeness (QED) is 0.850. The van der Waals surface area contributed by atoms with E-state index >= 15 is 0 Å². The molecule has 0 aromatic heterocycles. The average molecular weight is 340 g/mol. The van der Waals surface area contributed by atoms with Crippen LogP contribution in [0.4, 0.5) is 8.78 Å². The van der Waals surface area contributed by atoms with Crippen LogP contribution in [0.3, 0.4) is 0 Å².